The SMILES string of the molecule is Cc1cccc(C)c1NC(=O)CNC(=O)[C@H](NC(=O)c1ccco1)C(C)C. The van der Waals surface area contributed by atoms with Crippen LogP contribution in [0.25, 0.3) is 0 Å². The van der Waals surface area contributed by atoms with Gasteiger partial charge < -0.3 is 20.4 Å². The lowest BCUT2D eigenvalue weighted by molar-refractivity contribution is -0.126. The Hall–Kier alpha value is -3.09. The second-order valence-corrected chi connectivity index (χ2v) is 6.71. The van der Waals surface area contributed by atoms with E-state index < -0.39 is 17.9 Å². The number of hydrogen-bond acceptors (Lipinski definition) is 4. The summed E-state index contributed by atoms with van der Waals surface area (Å²) in [6.45, 7) is 7.24. The summed E-state index contributed by atoms with van der Waals surface area (Å²) in [5.41, 5.74) is 2.63. The summed E-state index contributed by atoms with van der Waals surface area (Å²) in [4.78, 5) is 36.8. The lowest BCUT2D eigenvalue weighted by Crippen LogP contribution is -2.51. The number of carbonyl (C=O) groups excluding carboxylic acids is 3. The summed E-state index contributed by atoms with van der Waals surface area (Å²) in [5, 5.41) is 8.02. The second kappa shape index (κ2) is 9.02. The molecule has 0 aliphatic carbocycles. The maximum atomic E-state index is 12.4. The largest absolute Gasteiger partial charge is 0.459 e. The summed E-state index contributed by atoms with van der Waals surface area (Å²) >= 11 is 0. The molecule has 0 spiro atoms. The Bertz CT molecular complexity index is 792. The summed E-state index contributed by atoms with van der Waals surface area (Å²) in [7, 11) is 0. The molecule has 0 saturated heterocycles. The van der Waals surface area contributed by atoms with Gasteiger partial charge in [-0.1, -0.05) is 32.0 Å². The molecule has 7 heteroatoms. The second-order valence-electron chi connectivity index (χ2n) is 6.71. The van der Waals surface area contributed by atoms with E-state index in [-0.39, 0.29) is 24.1 Å². The van der Waals surface area contributed by atoms with Crippen molar-refractivity contribution in [3.05, 3.63) is 53.5 Å². The predicted octanol–water partition coefficient (Wildman–Crippen LogP) is 2.41. The zero-order chi connectivity index (χ0) is 20.0. The maximum Gasteiger partial charge on any atom is 0.287 e. The standard InChI is InChI=1S/C20H25N3O4/c1-12(2)17(23-19(25)15-9-6-10-27-15)20(26)21-11-16(24)22-18-13(3)7-5-8-14(18)4/h5-10,12,17H,11H2,1-4H3,(H,21,26)(H,22,24)(H,23,25)/t17-/m1/s1. The molecule has 0 saturated carbocycles. The van der Waals surface area contributed by atoms with Gasteiger partial charge in [0.05, 0.1) is 12.8 Å². The fourth-order valence-corrected chi connectivity index (χ4v) is 2.63. The zero-order valence-electron chi connectivity index (χ0n) is 16.0. The van der Waals surface area contributed by atoms with E-state index in [2.05, 4.69) is 16.0 Å². The third-order valence-electron chi connectivity index (χ3n) is 4.15. The molecule has 2 rings (SSSR count). The molecule has 0 unspecified atom stereocenters. The van der Waals surface area contributed by atoms with Crippen molar-refractivity contribution in [2.24, 2.45) is 5.92 Å². The topological polar surface area (TPSA) is 100 Å². The highest BCUT2D eigenvalue weighted by atomic mass is 16.3. The molecule has 0 radical (unpaired) electrons. The highest BCUT2D eigenvalue weighted by Crippen LogP contribution is 2.19. The van der Waals surface area contributed by atoms with Gasteiger partial charge in [-0.15, -0.1) is 0 Å². The van der Waals surface area contributed by atoms with Crippen LogP contribution in [0.15, 0.2) is 41.0 Å². The van der Waals surface area contributed by atoms with Crippen molar-refractivity contribution in [2.75, 3.05) is 11.9 Å². The molecule has 0 fully saturated rings. The monoisotopic (exact) mass is 371 g/mol. The number of aryl methyl sites for hydroxylation is 2. The maximum absolute atomic E-state index is 12.4. The molecular formula is C20H25N3O4. The van der Waals surface area contributed by atoms with Gasteiger partial charge >= 0.3 is 0 Å². The Morgan fingerprint density at radius 1 is 1.04 bits per heavy atom. The molecule has 7 nitrogen and oxygen atoms in total. The summed E-state index contributed by atoms with van der Waals surface area (Å²) < 4.78 is 5.03. The molecule has 2 aromatic rings. The van der Waals surface area contributed by atoms with Crippen LogP contribution in [-0.4, -0.2) is 30.3 Å². The first-order chi connectivity index (χ1) is 12.8. The summed E-state index contributed by atoms with van der Waals surface area (Å²) in [6.07, 6.45) is 1.39. The van der Waals surface area contributed by atoms with Crippen molar-refractivity contribution >= 4 is 23.4 Å². The number of amides is 3. The number of furan rings is 1. The van der Waals surface area contributed by atoms with E-state index in [9.17, 15) is 14.4 Å². The molecule has 0 aliphatic heterocycles. The first kappa shape index (κ1) is 20.2. The van der Waals surface area contributed by atoms with Crippen LogP contribution < -0.4 is 16.0 Å². The lowest BCUT2D eigenvalue weighted by atomic mass is 10.0. The minimum Gasteiger partial charge on any atom is -0.459 e. The number of para-hydroxylation sites is 1. The smallest absolute Gasteiger partial charge is 0.287 e. The van der Waals surface area contributed by atoms with Gasteiger partial charge in [-0.05, 0) is 43.0 Å². The Labute approximate surface area is 158 Å². The van der Waals surface area contributed by atoms with Crippen LogP contribution in [0.5, 0.6) is 0 Å². The van der Waals surface area contributed by atoms with Crippen molar-refractivity contribution in [1.82, 2.24) is 10.6 Å². The van der Waals surface area contributed by atoms with E-state index in [0.29, 0.717) is 0 Å². The Morgan fingerprint density at radius 2 is 1.70 bits per heavy atom. The zero-order valence-corrected chi connectivity index (χ0v) is 16.0. The third kappa shape index (κ3) is 5.44. The molecular weight excluding hydrogens is 346 g/mol. The summed E-state index contributed by atoms with van der Waals surface area (Å²) in [6, 6.07) is 8.05. The van der Waals surface area contributed by atoms with E-state index in [4.69, 9.17) is 4.42 Å². The molecule has 1 atom stereocenters. The van der Waals surface area contributed by atoms with E-state index >= 15 is 0 Å². The van der Waals surface area contributed by atoms with Gasteiger partial charge in [0.1, 0.15) is 6.04 Å². The first-order valence-electron chi connectivity index (χ1n) is 8.77. The molecule has 0 bridgehead atoms. The Balaban J connectivity index is 1.93. The average molecular weight is 371 g/mol. The van der Waals surface area contributed by atoms with Crippen LogP contribution in [-0.2, 0) is 9.59 Å². The highest BCUT2D eigenvalue weighted by Gasteiger charge is 2.25. The van der Waals surface area contributed by atoms with Crippen molar-refractivity contribution in [3.63, 3.8) is 0 Å². The lowest BCUT2D eigenvalue weighted by Gasteiger charge is -2.21. The number of carbonyl (C=O) groups is 3. The Morgan fingerprint density at radius 3 is 2.26 bits per heavy atom. The molecule has 1 aromatic heterocycles. The third-order valence-corrected chi connectivity index (χ3v) is 4.15. The van der Waals surface area contributed by atoms with Crippen molar-refractivity contribution in [3.8, 4) is 0 Å². The van der Waals surface area contributed by atoms with Gasteiger partial charge in [0, 0.05) is 5.69 Å². The Kier molecular flexibility index (Phi) is 6.76. The van der Waals surface area contributed by atoms with Gasteiger partial charge in [0.15, 0.2) is 5.76 Å². The molecule has 3 N–H and O–H groups in total. The van der Waals surface area contributed by atoms with Gasteiger partial charge in [0.2, 0.25) is 11.8 Å². The van der Waals surface area contributed by atoms with E-state index in [0.717, 1.165) is 16.8 Å². The van der Waals surface area contributed by atoms with E-state index in [1.807, 2.05) is 45.9 Å². The number of anilines is 1. The van der Waals surface area contributed by atoms with E-state index in [1.165, 1.54) is 12.3 Å². The number of rotatable bonds is 7. The summed E-state index contributed by atoms with van der Waals surface area (Å²) in [5.74, 6) is -1.28. The highest BCUT2D eigenvalue weighted by molar-refractivity contribution is 5.98. The number of benzene rings is 1. The average Bonchev–Trinajstić information content (AvgIpc) is 3.15. The van der Waals surface area contributed by atoms with Crippen molar-refractivity contribution < 1.29 is 18.8 Å². The van der Waals surface area contributed by atoms with Gasteiger partial charge in [-0.25, -0.2) is 0 Å². The predicted molar refractivity (Wildman–Crippen MR) is 102 cm³/mol. The van der Waals surface area contributed by atoms with Crippen molar-refractivity contribution in [1.29, 1.82) is 0 Å². The van der Waals surface area contributed by atoms with E-state index in [1.54, 1.807) is 6.07 Å². The molecule has 0 aliphatic rings. The van der Waals surface area contributed by atoms with Gasteiger partial charge in [0.25, 0.3) is 5.91 Å². The van der Waals surface area contributed by atoms with Crippen LogP contribution >= 0.6 is 0 Å². The molecule has 144 valence electrons. The van der Waals surface area contributed by atoms with Crippen LogP contribution in [0.4, 0.5) is 5.69 Å². The number of nitrogens with one attached hydrogen (secondary N) is 3. The minimum atomic E-state index is -0.782. The van der Waals surface area contributed by atoms with Gasteiger partial charge in [-0.3, -0.25) is 14.4 Å². The van der Waals surface area contributed by atoms with Crippen LogP contribution in [0.1, 0.15) is 35.5 Å². The van der Waals surface area contributed by atoms with Crippen LogP contribution in [0, 0.1) is 19.8 Å². The molecule has 27 heavy (non-hydrogen) atoms. The van der Waals surface area contributed by atoms with Crippen molar-refractivity contribution in [2.45, 2.75) is 33.7 Å². The van der Waals surface area contributed by atoms with Crippen LogP contribution in [0.2, 0.25) is 0 Å². The minimum absolute atomic E-state index is 0.126. The fraction of sp³-hybridized carbons (Fsp3) is 0.350. The fourth-order valence-electron chi connectivity index (χ4n) is 2.63. The first-order valence-corrected chi connectivity index (χ1v) is 8.77. The normalized spacial score (nSPS) is 11.7. The quantitative estimate of drug-likeness (QED) is 0.696. The number of hydrogen-bond donors (Lipinski definition) is 3. The molecule has 1 heterocycles. The van der Waals surface area contributed by atoms with Crippen LogP contribution in [0.3, 0.4) is 0 Å². The molecule has 3 amide bonds. The van der Waals surface area contributed by atoms with Gasteiger partial charge in [-0.2, -0.15) is 0 Å². The molecule has 1 aromatic carbocycles.